The molecule has 0 radical (unpaired) electrons. The molecule has 138 valence electrons. The third-order valence-electron chi connectivity index (χ3n) is 3.89. The Morgan fingerprint density at radius 3 is 2.46 bits per heavy atom. The topological polar surface area (TPSA) is 136 Å². The van der Waals surface area contributed by atoms with Gasteiger partial charge in [0.25, 0.3) is 0 Å². The summed E-state index contributed by atoms with van der Waals surface area (Å²) < 4.78 is 0. The van der Waals surface area contributed by atoms with Crippen LogP contribution >= 0.6 is 11.3 Å². The van der Waals surface area contributed by atoms with Crippen molar-refractivity contribution in [1.29, 1.82) is 0 Å². The van der Waals surface area contributed by atoms with Crippen molar-refractivity contribution in [1.82, 2.24) is 5.32 Å². The summed E-state index contributed by atoms with van der Waals surface area (Å²) in [7, 11) is 0. The smallest absolute Gasteiger partial charge is 0.323 e. The summed E-state index contributed by atoms with van der Waals surface area (Å²) in [6, 6.07) is 9.14. The Labute approximate surface area is 155 Å². The molecule has 8 heteroatoms. The molecule has 0 unspecified atom stereocenters. The largest absolute Gasteiger partial charge is 0.480 e. The number of primary amides is 2. The van der Waals surface area contributed by atoms with E-state index in [2.05, 4.69) is 5.32 Å². The molecule has 26 heavy (non-hydrogen) atoms. The third-order valence-corrected chi connectivity index (χ3v) is 5.07. The van der Waals surface area contributed by atoms with Gasteiger partial charge in [-0.05, 0) is 37.1 Å². The number of carbonyl (C=O) groups excluding carboxylic acids is 2. The van der Waals surface area contributed by atoms with Crippen LogP contribution in [0.1, 0.15) is 34.6 Å². The lowest BCUT2D eigenvalue weighted by molar-refractivity contribution is -0.143. The number of carboxylic acid groups (broad SMARTS) is 1. The average Bonchev–Trinajstić information content (AvgIpc) is 2.96. The number of carbonyl (C=O) groups is 3. The molecular formula is C18H21N3O4S. The Morgan fingerprint density at radius 1 is 1.19 bits per heavy atom. The minimum absolute atomic E-state index is 0.0447. The number of nitrogens with one attached hydrogen (secondary N) is 1. The summed E-state index contributed by atoms with van der Waals surface area (Å²) in [6.45, 7) is 3.55. The normalized spacial score (nSPS) is 11.3. The van der Waals surface area contributed by atoms with Crippen molar-refractivity contribution < 1.29 is 19.5 Å². The van der Waals surface area contributed by atoms with E-state index < -0.39 is 23.3 Å². The molecule has 0 aliphatic carbocycles. The summed E-state index contributed by atoms with van der Waals surface area (Å²) in [6.07, 6.45) is -0.0447. The Bertz CT molecular complexity index is 858. The predicted octanol–water partition coefficient (Wildman–Crippen LogP) is 1.49. The zero-order valence-electron chi connectivity index (χ0n) is 14.5. The van der Waals surface area contributed by atoms with Crippen molar-refractivity contribution in [2.24, 2.45) is 11.5 Å². The summed E-state index contributed by atoms with van der Waals surface area (Å²) in [4.78, 5) is 35.3. The maximum atomic E-state index is 11.6. The molecule has 0 aliphatic heterocycles. The maximum Gasteiger partial charge on any atom is 0.323 e. The molecule has 0 spiro atoms. The molecule has 1 aromatic carbocycles. The van der Waals surface area contributed by atoms with Gasteiger partial charge < -0.3 is 16.6 Å². The first-order chi connectivity index (χ1) is 12.1. The van der Waals surface area contributed by atoms with E-state index in [9.17, 15) is 14.4 Å². The Morgan fingerprint density at radius 2 is 1.88 bits per heavy atom. The summed E-state index contributed by atoms with van der Waals surface area (Å²) in [5.74, 6) is -2.08. The second kappa shape index (κ2) is 7.67. The van der Waals surface area contributed by atoms with E-state index in [-0.39, 0.29) is 6.42 Å². The highest BCUT2D eigenvalue weighted by molar-refractivity contribution is 7.16. The first kappa shape index (κ1) is 19.6. The van der Waals surface area contributed by atoms with Crippen LogP contribution in [0.2, 0.25) is 0 Å². The number of hydrogen-bond acceptors (Lipinski definition) is 5. The van der Waals surface area contributed by atoms with Gasteiger partial charge in [0.2, 0.25) is 11.8 Å². The molecule has 0 fully saturated rings. The standard InChI is InChI=1S/C18H21N3O4S/c1-18(2,17(24)25)21-9-10-4-3-5-11(6-10)13-7-12(16(20)23)14(26-13)8-15(19)22/h3-7,21H,8-9H2,1-2H3,(H2,19,22)(H2,20,23)(H,24,25). The van der Waals surface area contributed by atoms with E-state index in [1.54, 1.807) is 19.9 Å². The zero-order chi connectivity index (χ0) is 19.5. The SMILES string of the molecule is CC(C)(NCc1cccc(-c2cc(C(N)=O)c(CC(N)=O)s2)c1)C(=O)O. The first-order valence-corrected chi connectivity index (χ1v) is 8.70. The van der Waals surface area contributed by atoms with Gasteiger partial charge in [-0.25, -0.2) is 0 Å². The first-order valence-electron chi connectivity index (χ1n) is 7.88. The van der Waals surface area contributed by atoms with Gasteiger partial charge in [-0.15, -0.1) is 11.3 Å². The van der Waals surface area contributed by atoms with Crippen molar-refractivity contribution >= 4 is 29.1 Å². The molecule has 0 saturated carbocycles. The Balaban J connectivity index is 2.28. The lowest BCUT2D eigenvalue weighted by Crippen LogP contribution is -2.46. The van der Waals surface area contributed by atoms with Crippen molar-refractivity contribution in [3.8, 4) is 10.4 Å². The predicted molar refractivity (Wildman–Crippen MR) is 99.7 cm³/mol. The molecule has 0 bridgehead atoms. The molecule has 2 aromatic rings. The van der Waals surface area contributed by atoms with Crippen LogP contribution < -0.4 is 16.8 Å². The Kier molecular flexibility index (Phi) is 5.79. The number of carboxylic acids is 1. The van der Waals surface area contributed by atoms with Crippen molar-refractivity contribution in [3.63, 3.8) is 0 Å². The molecular weight excluding hydrogens is 354 g/mol. The summed E-state index contributed by atoms with van der Waals surface area (Å²) in [5.41, 5.74) is 11.6. The minimum atomic E-state index is -1.05. The van der Waals surface area contributed by atoms with Gasteiger partial charge in [0, 0.05) is 16.3 Å². The van der Waals surface area contributed by atoms with Gasteiger partial charge in [-0.1, -0.05) is 18.2 Å². The highest BCUT2D eigenvalue weighted by Gasteiger charge is 2.26. The van der Waals surface area contributed by atoms with Crippen molar-refractivity contribution in [2.45, 2.75) is 32.4 Å². The molecule has 2 amide bonds. The molecule has 7 nitrogen and oxygen atoms in total. The van der Waals surface area contributed by atoms with E-state index in [1.807, 2.05) is 24.3 Å². The fourth-order valence-corrected chi connectivity index (χ4v) is 3.47. The molecule has 1 aromatic heterocycles. The molecule has 2 rings (SSSR count). The monoisotopic (exact) mass is 375 g/mol. The van der Waals surface area contributed by atoms with Gasteiger partial charge >= 0.3 is 5.97 Å². The van der Waals surface area contributed by atoms with Crippen molar-refractivity contribution in [3.05, 3.63) is 46.3 Å². The van der Waals surface area contributed by atoms with E-state index in [1.165, 1.54) is 11.3 Å². The number of amides is 2. The van der Waals surface area contributed by atoms with Gasteiger partial charge in [-0.3, -0.25) is 19.7 Å². The molecule has 1 heterocycles. The number of aliphatic carboxylic acids is 1. The number of hydrogen-bond donors (Lipinski definition) is 4. The Hall–Kier alpha value is -2.71. The number of benzene rings is 1. The lowest BCUT2D eigenvalue weighted by atomic mass is 10.0. The van der Waals surface area contributed by atoms with Crippen LogP contribution in [-0.4, -0.2) is 28.4 Å². The fourth-order valence-electron chi connectivity index (χ4n) is 2.30. The minimum Gasteiger partial charge on any atom is -0.480 e. The lowest BCUT2D eigenvalue weighted by Gasteiger charge is -2.21. The van der Waals surface area contributed by atoms with Gasteiger partial charge in [0.1, 0.15) is 5.54 Å². The van der Waals surface area contributed by atoms with Gasteiger partial charge in [0.15, 0.2) is 0 Å². The van der Waals surface area contributed by atoms with Crippen LogP contribution in [0, 0.1) is 0 Å². The quantitative estimate of drug-likeness (QED) is 0.554. The zero-order valence-corrected chi connectivity index (χ0v) is 15.4. The number of nitrogens with two attached hydrogens (primary N) is 2. The van der Waals surface area contributed by atoms with Crippen LogP contribution in [0.25, 0.3) is 10.4 Å². The molecule has 0 saturated heterocycles. The van der Waals surface area contributed by atoms with Gasteiger partial charge in [-0.2, -0.15) is 0 Å². The van der Waals surface area contributed by atoms with Gasteiger partial charge in [0.05, 0.1) is 12.0 Å². The van der Waals surface area contributed by atoms with Crippen LogP contribution in [0.5, 0.6) is 0 Å². The number of rotatable bonds is 8. The van der Waals surface area contributed by atoms with Crippen LogP contribution in [0.4, 0.5) is 0 Å². The van der Waals surface area contributed by atoms with Crippen LogP contribution in [0.15, 0.2) is 30.3 Å². The average molecular weight is 375 g/mol. The van der Waals surface area contributed by atoms with Crippen LogP contribution in [-0.2, 0) is 22.6 Å². The van der Waals surface area contributed by atoms with E-state index >= 15 is 0 Å². The second-order valence-electron chi connectivity index (χ2n) is 6.44. The van der Waals surface area contributed by atoms with E-state index in [4.69, 9.17) is 16.6 Å². The van der Waals surface area contributed by atoms with Crippen molar-refractivity contribution in [2.75, 3.05) is 0 Å². The summed E-state index contributed by atoms with van der Waals surface area (Å²) >= 11 is 1.29. The van der Waals surface area contributed by atoms with E-state index in [0.29, 0.717) is 17.0 Å². The third kappa shape index (κ3) is 4.68. The highest BCUT2D eigenvalue weighted by atomic mass is 32.1. The van der Waals surface area contributed by atoms with Crippen LogP contribution in [0.3, 0.4) is 0 Å². The fraction of sp³-hybridized carbons (Fsp3) is 0.278. The second-order valence-corrected chi connectivity index (χ2v) is 7.58. The molecule has 6 N–H and O–H groups in total. The maximum absolute atomic E-state index is 11.6. The molecule has 0 atom stereocenters. The molecule has 0 aliphatic rings. The number of thiophene rings is 1. The highest BCUT2D eigenvalue weighted by Crippen LogP contribution is 2.32. The summed E-state index contributed by atoms with van der Waals surface area (Å²) in [5, 5.41) is 12.1. The van der Waals surface area contributed by atoms with E-state index in [0.717, 1.165) is 16.0 Å².